The van der Waals surface area contributed by atoms with E-state index in [2.05, 4.69) is 10.6 Å². The third kappa shape index (κ3) is 3.85. The van der Waals surface area contributed by atoms with Gasteiger partial charge in [0.25, 0.3) is 5.91 Å². The Bertz CT molecular complexity index is 762. The third-order valence-electron chi connectivity index (χ3n) is 4.68. The van der Waals surface area contributed by atoms with E-state index in [4.69, 9.17) is 14.2 Å². The maximum Gasteiger partial charge on any atom is 0.319 e. The van der Waals surface area contributed by atoms with Gasteiger partial charge in [0.15, 0.2) is 11.5 Å². The fourth-order valence-electron chi connectivity index (χ4n) is 3.39. The molecule has 3 rings (SSSR count). The molecule has 0 aromatic heterocycles. The predicted molar refractivity (Wildman–Crippen MR) is 98.7 cm³/mol. The van der Waals surface area contributed by atoms with Crippen molar-refractivity contribution < 1.29 is 23.8 Å². The van der Waals surface area contributed by atoms with Crippen molar-refractivity contribution in [3.05, 3.63) is 35.0 Å². The highest BCUT2D eigenvalue weighted by atomic mass is 16.5. The smallest absolute Gasteiger partial charge is 0.319 e. The molecule has 2 heterocycles. The lowest BCUT2D eigenvalue weighted by Crippen LogP contribution is -2.44. The molecular formula is C19H25N3O5. The Labute approximate surface area is 158 Å². The highest BCUT2D eigenvalue weighted by Gasteiger charge is 2.40. The molecule has 1 aromatic rings. The molecule has 27 heavy (non-hydrogen) atoms. The van der Waals surface area contributed by atoms with Crippen LogP contribution < -0.4 is 20.1 Å². The van der Waals surface area contributed by atoms with E-state index in [0.717, 1.165) is 12.0 Å². The first-order valence-electron chi connectivity index (χ1n) is 8.98. The van der Waals surface area contributed by atoms with Gasteiger partial charge in [-0.2, -0.15) is 0 Å². The first-order chi connectivity index (χ1) is 13.1. The van der Waals surface area contributed by atoms with E-state index in [1.165, 1.54) is 0 Å². The maximum atomic E-state index is 13.0. The van der Waals surface area contributed by atoms with E-state index < -0.39 is 6.04 Å². The van der Waals surface area contributed by atoms with Crippen LogP contribution in [0.25, 0.3) is 0 Å². The van der Waals surface area contributed by atoms with Gasteiger partial charge in [-0.3, -0.25) is 4.79 Å². The minimum atomic E-state index is -0.530. The van der Waals surface area contributed by atoms with E-state index in [0.29, 0.717) is 49.1 Å². The summed E-state index contributed by atoms with van der Waals surface area (Å²) in [5.41, 5.74) is 1.98. The molecule has 0 fully saturated rings. The van der Waals surface area contributed by atoms with E-state index in [1.807, 2.05) is 13.0 Å². The van der Waals surface area contributed by atoms with Gasteiger partial charge in [0.05, 0.1) is 38.1 Å². The molecule has 1 aromatic carbocycles. The normalized spacial score (nSPS) is 18.9. The molecular weight excluding hydrogens is 350 g/mol. The van der Waals surface area contributed by atoms with Crippen LogP contribution in [-0.2, 0) is 9.53 Å². The zero-order valence-electron chi connectivity index (χ0n) is 15.8. The number of ether oxygens (including phenoxy) is 3. The molecule has 0 radical (unpaired) electrons. The molecule has 2 aliphatic heterocycles. The summed E-state index contributed by atoms with van der Waals surface area (Å²) < 4.78 is 16.0. The molecule has 3 amide bonds. The molecule has 2 aliphatic rings. The second kappa shape index (κ2) is 8.30. The molecule has 0 spiro atoms. The number of hydrogen-bond donors (Lipinski definition) is 2. The van der Waals surface area contributed by atoms with E-state index in [-0.39, 0.29) is 11.9 Å². The van der Waals surface area contributed by atoms with Crippen LogP contribution in [0.4, 0.5) is 4.79 Å². The molecule has 0 saturated heterocycles. The SMILES string of the molecule is CCOCCCN1CC2=C(C1=O)C(c1ccc(OC)c(OC)c1)NC(=O)N2. The molecule has 0 bridgehead atoms. The number of nitrogens with one attached hydrogen (secondary N) is 2. The van der Waals surface area contributed by atoms with Gasteiger partial charge in [-0.05, 0) is 31.0 Å². The largest absolute Gasteiger partial charge is 0.493 e. The zero-order chi connectivity index (χ0) is 19.4. The van der Waals surface area contributed by atoms with Gasteiger partial charge >= 0.3 is 6.03 Å². The van der Waals surface area contributed by atoms with Crippen LogP contribution in [0, 0.1) is 0 Å². The summed E-state index contributed by atoms with van der Waals surface area (Å²) >= 11 is 0. The Balaban J connectivity index is 1.83. The third-order valence-corrected chi connectivity index (χ3v) is 4.68. The summed E-state index contributed by atoms with van der Waals surface area (Å²) in [5.74, 6) is 1.06. The van der Waals surface area contributed by atoms with E-state index in [1.54, 1.807) is 31.3 Å². The first kappa shape index (κ1) is 19.0. The number of amides is 3. The van der Waals surface area contributed by atoms with Crippen LogP contribution in [-0.4, -0.2) is 57.4 Å². The number of urea groups is 1. The Hall–Kier alpha value is -2.74. The number of hydrogen-bond acceptors (Lipinski definition) is 5. The molecule has 8 heteroatoms. The second-order valence-corrected chi connectivity index (χ2v) is 6.32. The van der Waals surface area contributed by atoms with Crippen molar-refractivity contribution >= 4 is 11.9 Å². The van der Waals surface area contributed by atoms with Crippen LogP contribution in [0.1, 0.15) is 24.9 Å². The lowest BCUT2D eigenvalue weighted by Gasteiger charge is -2.26. The Morgan fingerprint density at radius 1 is 1.19 bits per heavy atom. The molecule has 1 atom stereocenters. The van der Waals surface area contributed by atoms with Crippen molar-refractivity contribution in [1.29, 1.82) is 0 Å². The molecule has 0 aliphatic carbocycles. The monoisotopic (exact) mass is 375 g/mol. The number of carbonyl (C=O) groups excluding carboxylic acids is 2. The first-order valence-corrected chi connectivity index (χ1v) is 8.98. The highest BCUT2D eigenvalue weighted by Crippen LogP contribution is 2.36. The average Bonchev–Trinajstić information content (AvgIpc) is 2.99. The fraction of sp³-hybridized carbons (Fsp3) is 0.474. The standard InChI is InChI=1S/C19H25N3O5/c1-4-27-9-5-8-22-11-13-16(18(22)23)17(21-19(24)20-13)12-6-7-14(25-2)15(10-12)26-3/h6-7,10,17H,4-5,8-9,11H2,1-3H3,(H2,20,21,24). The summed E-state index contributed by atoms with van der Waals surface area (Å²) in [7, 11) is 3.11. The van der Waals surface area contributed by atoms with E-state index in [9.17, 15) is 9.59 Å². The van der Waals surface area contributed by atoms with Crippen molar-refractivity contribution in [2.75, 3.05) is 40.5 Å². The molecule has 2 N–H and O–H groups in total. The Morgan fingerprint density at radius 3 is 2.67 bits per heavy atom. The van der Waals surface area contributed by atoms with Crippen molar-refractivity contribution in [1.82, 2.24) is 15.5 Å². The van der Waals surface area contributed by atoms with Crippen LogP contribution in [0.2, 0.25) is 0 Å². The van der Waals surface area contributed by atoms with Gasteiger partial charge in [0, 0.05) is 19.8 Å². The Morgan fingerprint density at radius 2 is 1.96 bits per heavy atom. The van der Waals surface area contributed by atoms with Crippen LogP contribution in [0.3, 0.4) is 0 Å². The van der Waals surface area contributed by atoms with Crippen LogP contribution in [0.5, 0.6) is 11.5 Å². The number of nitrogens with zero attached hydrogens (tertiary/aromatic N) is 1. The van der Waals surface area contributed by atoms with Gasteiger partial charge in [0.1, 0.15) is 0 Å². The van der Waals surface area contributed by atoms with Crippen LogP contribution in [0.15, 0.2) is 29.5 Å². The molecule has 146 valence electrons. The topological polar surface area (TPSA) is 89.1 Å². The van der Waals surface area contributed by atoms with Gasteiger partial charge in [-0.1, -0.05) is 6.07 Å². The van der Waals surface area contributed by atoms with Gasteiger partial charge in [0.2, 0.25) is 0 Å². The summed E-state index contributed by atoms with van der Waals surface area (Å²) in [6, 6.07) is 4.52. The van der Waals surface area contributed by atoms with Gasteiger partial charge in [-0.15, -0.1) is 0 Å². The average molecular weight is 375 g/mol. The number of rotatable bonds is 8. The van der Waals surface area contributed by atoms with Gasteiger partial charge in [-0.25, -0.2) is 4.79 Å². The lowest BCUT2D eigenvalue weighted by atomic mass is 9.96. The van der Waals surface area contributed by atoms with Crippen molar-refractivity contribution in [3.63, 3.8) is 0 Å². The number of benzene rings is 1. The lowest BCUT2D eigenvalue weighted by molar-refractivity contribution is -0.126. The molecule has 1 unspecified atom stereocenters. The second-order valence-electron chi connectivity index (χ2n) is 6.32. The predicted octanol–water partition coefficient (Wildman–Crippen LogP) is 1.58. The summed E-state index contributed by atoms with van der Waals surface area (Å²) in [5, 5.41) is 5.61. The fourth-order valence-corrected chi connectivity index (χ4v) is 3.39. The summed E-state index contributed by atoms with van der Waals surface area (Å²) in [4.78, 5) is 26.8. The molecule has 0 saturated carbocycles. The Kier molecular flexibility index (Phi) is 5.85. The highest BCUT2D eigenvalue weighted by molar-refractivity contribution is 6.01. The summed E-state index contributed by atoms with van der Waals surface area (Å²) in [6.07, 6.45) is 0.753. The van der Waals surface area contributed by atoms with Gasteiger partial charge < -0.3 is 29.7 Å². The van der Waals surface area contributed by atoms with Crippen molar-refractivity contribution in [2.24, 2.45) is 0 Å². The van der Waals surface area contributed by atoms with Crippen molar-refractivity contribution in [3.8, 4) is 11.5 Å². The number of methoxy groups -OCH3 is 2. The van der Waals surface area contributed by atoms with Crippen molar-refractivity contribution in [2.45, 2.75) is 19.4 Å². The zero-order valence-corrected chi connectivity index (χ0v) is 15.8. The van der Waals surface area contributed by atoms with Crippen LogP contribution >= 0.6 is 0 Å². The van der Waals surface area contributed by atoms with E-state index >= 15 is 0 Å². The number of carbonyl (C=O) groups is 2. The minimum Gasteiger partial charge on any atom is -0.493 e. The summed E-state index contributed by atoms with van der Waals surface area (Å²) in [6.45, 7) is 4.19. The maximum absolute atomic E-state index is 13.0. The minimum absolute atomic E-state index is 0.0752. The quantitative estimate of drug-likeness (QED) is 0.674. The molecule has 8 nitrogen and oxygen atoms in total.